The summed E-state index contributed by atoms with van der Waals surface area (Å²) in [6, 6.07) is 7.14. The van der Waals surface area contributed by atoms with Crippen molar-refractivity contribution in [2.75, 3.05) is 18.6 Å². The van der Waals surface area contributed by atoms with Crippen molar-refractivity contribution in [1.29, 1.82) is 0 Å². The van der Waals surface area contributed by atoms with Crippen molar-refractivity contribution in [3.63, 3.8) is 0 Å². The Labute approximate surface area is 106 Å². The van der Waals surface area contributed by atoms with Crippen LogP contribution in [0.15, 0.2) is 36.1 Å². The summed E-state index contributed by atoms with van der Waals surface area (Å²) in [5.74, 6) is 0.320. The average Bonchev–Trinajstić information content (AvgIpc) is 2.39. The molecule has 90 valence electrons. The maximum atomic E-state index is 12.1. The molecule has 0 aliphatic carbocycles. The first-order valence-corrected chi connectivity index (χ1v) is 5.93. The molecule has 0 saturated heterocycles. The molecule has 0 bridgehead atoms. The van der Waals surface area contributed by atoms with E-state index in [2.05, 4.69) is 0 Å². The van der Waals surface area contributed by atoms with E-state index in [0.717, 1.165) is 18.5 Å². The highest BCUT2D eigenvalue weighted by atomic mass is 35.5. The van der Waals surface area contributed by atoms with Crippen LogP contribution in [0.4, 0.5) is 5.69 Å². The lowest BCUT2D eigenvalue weighted by molar-refractivity contribution is -0.118. The maximum Gasteiger partial charge on any atom is 0.292 e. The first-order chi connectivity index (χ1) is 8.18. The average molecular weight is 252 g/mol. The smallest absolute Gasteiger partial charge is 0.292 e. The van der Waals surface area contributed by atoms with E-state index in [0.29, 0.717) is 17.4 Å². The number of benzene rings is 1. The summed E-state index contributed by atoms with van der Waals surface area (Å²) in [6.07, 6.45) is 3.72. The van der Waals surface area contributed by atoms with E-state index in [-0.39, 0.29) is 5.91 Å². The fourth-order valence-electron chi connectivity index (χ4n) is 1.65. The zero-order valence-corrected chi connectivity index (χ0v) is 10.4. The topological polar surface area (TPSA) is 29.5 Å². The van der Waals surface area contributed by atoms with Gasteiger partial charge in [0, 0.05) is 17.8 Å². The zero-order valence-electron chi connectivity index (χ0n) is 9.65. The fraction of sp³-hybridized carbons (Fsp3) is 0.308. The number of anilines is 1. The highest BCUT2D eigenvalue weighted by Crippen LogP contribution is 2.20. The lowest BCUT2D eigenvalue weighted by atomic mass is 10.2. The number of allylic oxidation sites excluding steroid dienone is 1. The predicted octanol–water partition coefficient (Wildman–Crippen LogP) is 3.00. The molecule has 0 radical (unpaired) electrons. The Bertz CT molecular complexity index is 439. The number of hydrogen-bond donors (Lipinski definition) is 0. The molecule has 0 saturated carbocycles. The first-order valence-electron chi connectivity index (χ1n) is 5.55. The van der Waals surface area contributed by atoms with Crippen LogP contribution in [0.5, 0.6) is 0 Å². The third kappa shape index (κ3) is 2.80. The number of carbonyl (C=O) groups excluding carboxylic acids is 1. The lowest BCUT2D eigenvalue weighted by Crippen LogP contribution is -2.29. The fourth-order valence-corrected chi connectivity index (χ4v) is 1.78. The van der Waals surface area contributed by atoms with Crippen LogP contribution in [-0.4, -0.2) is 19.6 Å². The quantitative estimate of drug-likeness (QED) is 0.809. The molecular weight excluding hydrogens is 238 g/mol. The first kappa shape index (κ1) is 12.0. The molecule has 1 aliphatic heterocycles. The van der Waals surface area contributed by atoms with Gasteiger partial charge in [0.2, 0.25) is 0 Å². The molecule has 0 atom stereocenters. The van der Waals surface area contributed by atoms with Gasteiger partial charge in [0.15, 0.2) is 5.76 Å². The summed E-state index contributed by atoms with van der Waals surface area (Å²) < 4.78 is 5.35. The molecule has 0 aromatic heterocycles. The van der Waals surface area contributed by atoms with E-state index in [1.807, 2.05) is 18.2 Å². The highest BCUT2D eigenvalue weighted by Gasteiger charge is 2.19. The molecule has 4 heteroatoms. The van der Waals surface area contributed by atoms with Gasteiger partial charge in [-0.2, -0.15) is 0 Å². The second-order valence-corrected chi connectivity index (χ2v) is 4.34. The van der Waals surface area contributed by atoms with Crippen molar-refractivity contribution in [3.8, 4) is 0 Å². The molecule has 17 heavy (non-hydrogen) atoms. The number of rotatable bonds is 2. The summed E-state index contributed by atoms with van der Waals surface area (Å²) in [7, 11) is 1.73. The number of amides is 1. The second kappa shape index (κ2) is 5.23. The van der Waals surface area contributed by atoms with Crippen molar-refractivity contribution in [2.24, 2.45) is 0 Å². The van der Waals surface area contributed by atoms with Gasteiger partial charge in [-0.1, -0.05) is 11.6 Å². The number of nitrogens with zero attached hydrogens (tertiary/aromatic N) is 1. The molecule has 1 aromatic rings. The predicted molar refractivity (Wildman–Crippen MR) is 68.1 cm³/mol. The van der Waals surface area contributed by atoms with Crippen LogP contribution in [0.25, 0.3) is 0 Å². The maximum absolute atomic E-state index is 12.1. The Kier molecular flexibility index (Phi) is 3.69. The van der Waals surface area contributed by atoms with Crippen molar-refractivity contribution in [2.45, 2.75) is 12.8 Å². The third-order valence-corrected chi connectivity index (χ3v) is 2.92. The summed E-state index contributed by atoms with van der Waals surface area (Å²) in [5, 5.41) is 0.655. The lowest BCUT2D eigenvalue weighted by Gasteiger charge is -2.21. The van der Waals surface area contributed by atoms with Gasteiger partial charge in [-0.3, -0.25) is 4.79 Å². The van der Waals surface area contributed by atoms with E-state index in [9.17, 15) is 4.79 Å². The zero-order chi connectivity index (χ0) is 12.3. The minimum Gasteiger partial charge on any atom is -0.488 e. The summed E-state index contributed by atoms with van der Waals surface area (Å²) in [5.41, 5.74) is 0.800. The number of ether oxygens (including phenoxy) is 1. The number of carbonyl (C=O) groups is 1. The minimum absolute atomic E-state index is 0.118. The van der Waals surface area contributed by atoms with E-state index in [1.165, 1.54) is 0 Å². The van der Waals surface area contributed by atoms with Crippen molar-refractivity contribution in [1.82, 2.24) is 0 Å². The van der Waals surface area contributed by atoms with Gasteiger partial charge >= 0.3 is 0 Å². The normalized spacial score (nSPS) is 14.8. The molecule has 1 heterocycles. The van der Waals surface area contributed by atoms with Gasteiger partial charge in [-0.05, 0) is 43.2 Å². The molecule has 0 spiro atoms. The van der Waals surface area contributed by atoms with Crippen LogP contribution in [0.2, 0.25) is 5.02 Å². The SMILES string of the molecule is CN(C(=O)C1=CCCCO1)c1ccc(Cl)cc1. The van der Waals surface area contributed by atoms with Crippen LogP contribution in [0.1, 0.15) is 12.8 Å². The standard InChI is InChI=1S/C13H14ClNO2/c1-15(11-7-5-10(14)6-8-11)13(16)12-4-2-3-9-17-12/h4-8H,2-3,9H2,1H3. The van der Waals surface area contributed by atoms with Gasteiger partial charge in [0.25, 0.3) is 5.91 Å². The summed E-state index contributed by atoms with van der Waals surface area (Å²) in [4.78, 5) is 13.6. The third-order valence-electron chi connectivity index (χ3n) is 2.67. The molecule has 1 aromatic carbocycles. The molecule has 1 amide bonds. The van der Waals surface area contributed by atoms with Crippen LogP contribution in [0, 0.1) is 0 Å². The van der Waals surface area contributed by atoms with Crippen LogP contribution in [-0.2, 0) is 9.53 Å². The Morgan fingerprint density at radius 1 is 1.35 bits per heavy atom. The van der Waals surface area contributed by atoms with Gasteiger partial charge in [0.05, 0.1) is 6.61 Å². The van der Waals surface area contributed by atoms with E-state index in [4.69, 9.17) is 16.3 Å². The summed E-state index contributed by atoms with van der Waals surface area (Å²) >= 11 is 5.81. The van der Waals surface area contributed by atoms with Crippen molar-refractivity contribution >= 4 is 23.2 Å². The van der Waals surface area contributed by atoms with Crippen LogP contribution >= 0.6 is 11.6 Å². The molecular formula is C13H14ClNO2. The van der Waals surface area contributed by atoms with Crippen LogP contribution < -0.4 is 4.90 Å². The number of hydrogen-bond acceptors (Lipinski definition) is 2. The van der Waals surface area contributed by atoms with Gasteiger partial charge in [-0.15, -0.1) is 0 Å². The van der Waals surface area contributed by atoms with Crippen molar-refractivity contribution in [3.05, 3.63) is 41.1 Å². The van der Waals surface area contributed by atoms with E-state index in [1.54, 1.807) is 24.1 Å². The molecule has 3 nitrogen and oxygen atoms in total. The highest BCUT2D eigenvalue weighted by molar-refractivity contribution is 6.30. The van der Waals surface area contributed by atoms with Gasteiger partial charge < -0.3 is 9.64 Å². The Hall–Kier alpha value is -1.48. The monoisotopic (exact) mass is 251 g/mol. The van der Waals surface area contributed by atoms with Crippen LogP contribution in [0.3, 0.4) is 0 Å². The largest absolute Gasteiger partial charge is 0.488 e. The molecule has 0 unspecified atom stereocenters. The van der Waals surface area contributed by atoms with E-state index >= 15 is 0 Å². The molecule has 2 rings (SSSR count). The van der Waals surface area contributed by atoms with E-state index < -0.39 is 0 Å². The Morgan fingerprint density at radius 3 is 2.65 bits per heavy atom. The number of halogens is 1. The second-order valence-electron chi connectivity index (χ2n) is 3.90. The Morgan fingerprint density at radius 2 is 2.06 bits per heavy atom. The van der Waals surface area contributed by atoms with Crippen molar-refractivity contribution < 1.29 is 9.53 Å². The summed E-state index contributed by atoms with van der Waals surface area (Å²) in [6.45, 7) is 0.617. The molecule has 1 aliphatic rings. The van der Waals surface area contributed by atoms with Gasteiger partial charge in [0.1, 0.15) is 0 Å². The number of likely N-dealkylation sites (N-methyl/N-ethyl adjacent to an activating group) is 1. The van der Waals surface area contributed by atoms with Gasteiger partial charge in [-0.25, -0.2) is 0 Å². The Balaban J connectivity index is 2.14. The molecule has 0 N–H and O–H groups in total. The molecule has 0 fully saturated rings. The minimum atomic E-state index is -0.118.